The fourth-order valence-corrected chi connectivity index (χ4v) is 5.03. The van der Waals surface area contributed by atoms with E-state index in [-0.39, 0.29) is 24.2 Å². The lowest BCUT2D eigenvalue weighted by Crippen LogP contribution is -2.54. The molecule has 0 aliphatic carbocycles. The van der Waals surface area contributed by atoms with Gasteiger partial charge in [-0.15, -0.1) is 0 Å². The summed E-state index contributed by atoms with van der Waals surface area (Å²) >= 11 is 0. The average Bonchev–Trinajstić information content (AvgIpc) is 3.33. The number of nitrogens with zero attached hydrogens (tertiary/aromatic N) is 7. The van der Waals surface area contributed by atoms with Gasteiger partial charge in [0.15, 0.2) is 11.5 Å². The Bertz CT molecular complexity index is 1460. The summed E-state index contributed by atoms with van der Waals surface area (Å²) in [6.45, 7) is 2.46. The van der Waals surface area contributed by atoms with E-state index in [1.165, 1.54) is 6.33 Å². The lowest BCUT2D eigenvalue weighted by Gasteiger charge is -2.43. The van der Waals surface area contributed by atoms with Crippen LogP contribution in [0.5, 0.6) is 0 Å². The van der Waals surface area contributed by atoms with Crippen LogP contribution in [0.4, 0.5) is 5.82 Å². The number of aryl methyl sites for hydroxylation is 3. The Hall–Kier alpha value is -3.73. The number of piperidine rings is 1. The number of aliphatic hydroxyl groups is 1. The Labute approximate surface area is 195 Å². The molecule has 3 aromatic heterocycles. The van der Waals surface area contributed by atoms with Crippen LogP contribution in [0, 0.1) is 0 Å². The number of imidazole rings is 2. The molecule has 0 unspecified atom stereocenters. The smallest absolute Gasteiger partial charge is 0.328 e. The summed E-state index contributed by atoms with van der Waals surface area (Å²) in [4.78, 5) is 39.4. The van der Waals surface area contributed by atoms with Gasteiger partial charge in [-0.25, -0.2) is 19.7 Å². The predicted octanol–water partition coefficient (Wildman–Crippen LogP) is 0.756. The highest BCUT2D eigenvalue weighted by Crippen LogP contribution is 2.34. The monoisotopic (exact) mass is 464 g/mol. The van der Waals surface area contributed by atoms with E-state index in [2.05, 4.69) is 15.0 Å². The third kappa shape index (κ3) is 3.52. The molecule has 1 saturated heterocycles. The van der Waals surface area contributed by atoms with E-state index in [4.69, 9.17) is 5.73 Å². The quantitative estimate of drug-likeness (QED) is 0.455. The van der Waals surface area contributed by atoms with Gasteiger partial charge in [0.05, 0.1) is 29.9 Å². The highest BCUT2D eigenvalue weighted by molar-refractivity contribution is 5.81. The number of carbonyl (C=O) groups is 1. The van der Waals surface area contributed by atoms with Crippen LogP contribution in [0.1, 0.15) is 31.4 Å². The van der Waals surface area contributed by atoms with Gasteiger partial charge in [0.1, 0.15) is 17.4 Å². The molecule has 0 saturated carbocycles. The van der Waals surface area contributed by atoms with Crippen LogP contribution in [-0.4, -0.2) is 63.3 Å². The number of aromatic nitrogens is 6. The first-order valence-electron chi connectivity index (χ1n) is 11.2. The topological polar surface area (TPSA) is 137 Å². The number of β-amino-alcohol motifs (C(OH)–C–C–N with tert-alkyl or cyclic N) is 1. The van der Waals surface area contributed by atoms with Crippen molar-refractivity contribution in [3.05, 3.63) is 46.9 Å². The van der Waals surface area contributed by atoms with Crippen LogP contribution in [0.25, 0.3) is 22.2 Å². The summed E-state index contributed by atoms with van der Waals surface area (Å²) < 4.78 is 5.05. The zero-order valence-corrected chi connectivity index (χ0v) is 19.5. The number of hydrogen-bond donors (Lipinski definition) is 2. The molecule has 1 aliphatic heterocycles. The zero-order valence-electron chi connectivity index (χ0n) is 19.5. The molecule has 5 rings (SSSR count). The first-order chi connectivity index (χ1) is 16.2. The third-order valence-electron chi connectivity index (χ3n) is 6.94. The van der Waals surface area contributed by atoms with Gasteiger partial charge in [-0.3, -0.25) is 13.9 Å². The van der Waals surface area contributed by atoms with Crippen molar-refractivity contribution in [2.24, 2.45) is 14.1 Å². The van der Waals surface area contributed by atoms with Crippen molar-refractivity contribution in [3.63, 3.8) is 0 Å². The SMILES string of the molecule is Cn1c(=O)n(C)c2cc(CCC(=O)N3CC[C@H](n4cnc5c(N)ncnc54)[C@@](C)(O)C3)ccc21. The first-order valence-corrected chi connectivity index (χ1v) is 11.2. The normalized spacial score (nSPS) is 20.9. The van der Waals surface area contributed by atoms with Gasteiger partial charge in [0.2, 0.25) is 5.91 Å². The van der Waals surface area contributed by atoms with Crippen molar-refractivity contribution in [1.29, 1.82) is 0 Å². The summed E-state index contributed by atoms with van der Waals surface area (Å²) in [7, 11) is 3.49. The maximum atomic E-state index is 13.0. The molecule has 1 fully saturated rings. The molecule has 11 nitrogen and oxygen atoms in total. The van der Waals surface area contributed by atoms with Crippen LogP contribution in [-0.2, 0) is 25.3 Å². The molecule has 0 spiro atoms. The van der Waals surface area contributed by atoms with E-state index in [1.54, 1.807) is 41.4 Å². The zero-order chi connectivity index (χ0) is 24.2. The molecule has 0 radical (unpaired) electrons. The molecule has 3 N–H and O–H groups in total. The molecule has 0 bridgehead atoms. The van der Waals surface area contributed by atoms with Gasteiger partial charge in [-0.05, 0) is 37.5 Å². The highest BCUT2D eigenvalue weighted by Gasteiger charge is 2.41. The molecule has 1 amide bonds. The Morgan fingerprint density at radius 1 is 1.21 bits per heavy atom. The van der Waals surface area contributed by atoms with Crippen molar-refractivity contribution in [2.75, 3.05) is 18.8 Å². The molecule has 178 valence electrons. The first kappa shape index (κ1) is 22.1. The fraction of sp³-hybridized carbons (Fsp3) is 0.435. The number of rotatable bonds is 4. The Balaban J connectivity index is 1.28. The minimum absolute atomic E-state index is 0.0113. The summed E-state index contributed by atoms with van der Waals surface area (Å²) in [6, 6.07) is 5.54. The average molecular weight is 465 g/mol. The highest BCUT2D eigenvalue weighted by atomic mass is 16.3. The van der Waals surface area contributed by atoms with Gasteiger partial charge in [0, 0.05) is 27.1 Å². The molecule has 2 atom stereocenters. The molecule has 1 aromatic carbocycles. The molecule has 4 heterocycles. The number of amides is 1. The van der Waals surface area contributed by atoms with Gasteiger partial charge in [-0.2, -0.15) is 0 Å². The minimum atomic E-state index is -1.16. The summed E-state index contributed by atoms with van der Waals surface area (Å²) in [5.41, 5.74) is 8.43. The number of likely N-dealkylation sites (tertiary alicyclic amines) is 1. The van der Waals surface area contributed by atoms with Crippen molar-refractivity contribution in [3.8, 4) is 0 Å². The van der Waals surface area contributed by atoms with Gasteiger partial charge in [0.25, 0.3) is 0 Å². The molecule has 4 aromatic rings. The van der Waals surface area contributed by atoms with Gasteiger partial charge in [-0.1, -0.05) is 6.07 Å². The number of benzene rings is 1. The summed E-state index contributed by atoms with van der Waals surface area (Å²) in [5.74, 6) is 0.285. The molecular formula is C23H28N8O3. The second-order valence-electron chi connectivity index (χ2n) is 9.28. The second kappa shape index (κ2) is 7.94. The number of hydrogen-bond acceptors (Lipinski definition) is 7. The van der Waals surface area contributed by atoms with Crippen LogP contribution >= 0.6 is 0 Å². The number of nitrogens with two attached hydrogens (primary N) is 1. The van der Waals surface area contributed by atoms with Crippen LogP contribution in [0.15, 0.2) is 35.6 Å². The van der Waals surface area contributed by atoms with Crippen molar-refractivity contribution in [1.82, 2.24) is 33.6 Å². The molecular weight excluding hydrogens is 436 g/mol. The Morgan fingerprint density at radius 3 is 2.74 bits per heavy atom. The lowest BCUT2D eigenvalue weighted by atomic mass is 9.88. The van der Waals surface area contributed by atoms with Crippen LogP contribution in [0.3, 0.4) is 0 Å². The number of carbonyl (C=O) groups excluding carboxylic acids is 1. The van der Waals surface area contributed by atoms with E-state index >= 15 is 0 Å². The third-order valence-corrected chi connectivity index (χ3v) is 6.94. The summed E-state index contributed by atoms with van der Waals surface area (Å²) in [5, 5.41) is 11.3. The van der Waals surface area contributed by atoms with Crippen molar-refractivity contribution in [2.45, 2.75) is 37.8 Å². The number of anilines is 1. The van der Waals surface area contributed by atoms with E-state index in [1.807, 2.05) is 22.8 Å². The molecule has 1 aliphatic rings. The Kier molecular flexibility index (Phi) is 5.16. The van der Waals surface area contributed by atoms with E-state index in [0.717, 1.165) is 16.6 Å². The molecule has 34 heavy (non-hydrogen) atoms. The van der Waals surface area contributed by atoms with Crippen molar-refractivity contribution >= 4 is 33.9 Å². The lowest BCUT2D eigenvalue weighted by molar-refractivity contribution is -0.140. The molecule has 11 heteroatoms. The predicted molar refractivity (Wildman–Crippen MR) is 127 cm³/mol. The maximum Gasteiger partial charge on any atom is 0.328 e. The van der Waals surface area contributed by atoms with Crippen molar-refractivity contribution < 1.29 is 9.90 Å². The van der Waals surface area contributed by atoms with Crippen LogP contribution < -0.4 is 11.4 Å². The fourth-order valence-electron chi connectivity index (χ4n) is 5.03. The number of fused-ring (bicyclic) bond motifs is 2. The van der Waals surface area contributed by atoms with E-state index < -0.39 is 5.60 Å². The largest absolute Gasteiger partial charge is 0.386 e. The Morgan fingerprint density at radius 2 is 1.97 bits per heavy atom. The summed E-state index contributed by atoms with van der Waals surface area (Å²) in [6.07, 6.45) is 4.45. The van der Waals surface area contributed by atoms with Gasteiger partial charge >= 0.3 is 5.69 Å². The van der Waals surface area contributed by atoms with E-state index in [0.29, 0.717) is 42.8 Å². The van der Waals surface area contributed by atoms with Crippen LogP contribution in [0.2, 0.25) is 0 Å². The van der Waals surface area contributed by atoms with E-state index in [9.17, 15) is 14.7 Å². The minimum Gasteiger partial charge on any atom is -0.386 e. The second-order valence-corrected chi connectivity index (χ2v) is 9.28. The van der Waals surface area contributed by atoms with Gasteiger partial charge < -0.3 is 20.3 Å². The standard InChI is InChI=1S/C23H28N8O3/c1-23(34)11-30(9-8-17(23)31-13-27-19-20(24)25-12-26-21(19)31)18(32)7-5-14-4-6-15-16(10-14)29(3)22(33)28(15)2/h4,6,10,12-13,17,34H,5,7-9,11H2,1-3H3,(H2,24,25,26)/t17-,23-/m0/s1. The number of nitrogen functional groups attached to an aromatic ring is 1. The maximum absolute atomic E-state index is 13.0.